The van der Waals surface area contributed by atoms with Crippen LogP contribution in [0.15, 0.2) is 24.3 Å². The molecule has 122 valence electrons. The lowest BCUT2D eigenvalue weighted by molar-refractivity contribution is -0.141. The van der Waals surface area contributed by atoms with Gasteiger partial charge in [0.1, 0.15) is 5.75 Å². The molecule has 1 rings (SSSR count). The molecule has 0 fully saturated rings. The summed E-state index contributed by atoms with van der Waals surface area (Å²) in [5.74, 6) is 0.199. The van der Waals surface area contributed by atoms with E-state index in [9.17, 15) is 9.59 Å². The zero-order valence-electron chi connectivity index (χ0n) is 13.3. The Labute approximate surface area is 131 Å². The number of ether oxygens (including phenoxy) is 3. The molecule has 1 aromatic rings. The van der Waals surface area contributed by atoms with Crippen LogP contribution in [0, 0.1) is 0 Å². The van der Waals surface area contributed by atoms with Crippen molar-refractivity contribution in [1.29, 1.82) is 0 Å². The molecular formula is C17H24O5. The van der Waals surface area contributed by atoms with Crippen LogP contribution in [0.1, 0.15) is 49.9 Å². The normalized spacial score (nSPS) is 10.1. The molecule has 22 heavy (non-hydrogen) atoms. The Morgan fingerprint density at radius 1 is 0.909 bits per heavy atom. The molecule has 0 aliphatic heterocycles. The lowest BCUT2D eigenvalue weighted by Gasteiger charge is -2.07. The fraction of sp³-hybridized carbons (Fsp3) is 0.529. The van der Waals surface area contributed by atoms with E-state index >= 15 is 0 Å². The summed E-state index contributed by atoms with van der Waals surface area (Å²) in [6.07, 6.45) is 3.87. The summed E-state index contributed by atoms with van der Waals surface area (Å²) in [5, 5.41) is 0. The van der Waals surface area contributed by atoms with Crippen LogP contribution >= 0.6 is 0 Å². The van der Waals surface area contributed by atoms with Crippen LogP contribution in [-0.4, -0.2) is 31.8 Å². The smallest absolute Gasteiger partial charge is 0.338 e. The SMILES string of the molecule is CCOC(=O)c1ccc(OCCCCCCOC(C)=O)cc1. The standard InChI is InChI=1S/C17H24O5/c1-3-20-17(19)15-8-10-16(11-9-15)22-13-7-5-4-6-12-21-14(2)18/h8-11H,3-7,12-13H2,1-2H3. The summed E-state index contributed by atoms with van der Waals surface area (Å²) in [7, 11) is 0. The maximum absolute atomic E-state index is 11.5. The van der Waals surface area contributed by atoms with Crippen LogP contribution in [0.2, 0.25) is 0 Å². The molecule has 0 aliphatic carbocycles. The molecular weight excluding hydrogens is 284 g/mol. The van der Waals surface area contributed by atoms with Gasteiger partial charge in [-0.05, 0) is 56.9 Å². The van der Waals surface area contributed by atoms with Crippen molar-refractivity contribution in [3.63, 3.8) is 0 Å². The quantitative estimate of drug-likeness (QED) is 0.490. The molecule has 5 nitrogen and oxygen atoms in total. The van der Waals surface area contributed by atoms with Gasteiger partial charge in [-0.25, -0.2) is 4.79 Å². The Hall–Kier alpha value is -2.04. The highest BCUT2D eigenvalue weighted by atomic mass is 16.5. The van der Waals surface area contributed by atoms with Gasteiger partial charge in [-0.1, -0.05) is 0 Å². The van der Waals surface area contributed by atoms with E-state index in [0.29, 0.717) is 25.4 Å². The van der Waals surface area contributed by atoms with Crippen molar-refractivity contribution < 1.29 is 23.8 Å². The minimum Gasteiger partial charge on any atom is -0.494 e. The monoisotopic (exact) mass is 308 g/mol. The lowest BCUT2D eigenvalue weighted by Crippen LogP contribution is -2.04. The topological polar surface area (TPSA) is 61.8 Å². The molecule has 0 amide bonds. The maximum atomic E-state index is 11.5. The number of esters is 2. The Morgan fingerprint density at radius 3 is 2.14 bits per heavy atom. The second-order valence-electron chi connectivity index (χ2n) is 4.85. The van der Waals surface area contributed by atoms with Crippen LogP contribution in [0.3, 0.4) is 0 Å². The van der Waals surface area contributed by atoms with Gasteiger partial charge in [-0.15, -0.1) is 0 Å². The fourth-order valence-electron chi connectivity index (χ4n) is 1.87. The van der Waals surface area contributed by atoms with Crippen LogP contribution in [0.4, 0.5) is 0 Å². The second kappa shape index (κ2) is 10.7. The Bertz CT molecular complexity index is 453. The summed E-state index contributed by atoms with van der Waals surface area (Å²) in [4.78, 5) is 22.1. The van der Waals surface area contributed by atoms with Gasteiger partial charge in [0.25, 0.3) is 0 Å². The van der Waals surface area contributed by atoms with Crippen molar-refractivity contribution in [2.45, 2.75) is 39.5 Å². The largest absolute Gasteiger partial charge is 0.494 e. The van der Waals surface area contributed by atoms with E-state index in [4.69, 9.17) is 14.2 Å². The van der Waals surface area contributed by atoms with Gasteiger partial charge in [-0.3, -0.25) is 4.79 Å². The van der Waals surface area contributed by atoms with E-state index in [1.54, 1.807) is 31.2 Å². The van der Waals surface area contributed by atoms with Crippen molar-refractivity contribution in [2.24, 2.45) is 0 Å². The number of unbranched alkanes of at least 4 members (excludes halogenated alkanes) is 3. The van der Waals surface area contributed by atoms with Crippen molar-refractivity contribution in [1.82, 2.24) is 0 Å². The van der Waals surface area contributed by atoms with E-state index in [0.717, 1.165) is 31.4 Å². The Kier molecular flexibility index (Phi) is 8.72. The summed E-state index contributed by atoms with van der Waals surface area (Å²) in [6, 6.07) is 6.94. The van der Waals surface area contributed by atoms with Gasteiger partial charge >= 0.3 is 11.9 Å². The zero-order chi connectivity index (χ0) is 16.2. The Morgan fingerprint density at radius 2 is 1.55 bits per heavy atom. The van der Waals surface area contributed by atoms with Crippen molar-refractivity contribution in [3.05, 3.63) is 29.8 Å². The minimum absolute atomic E-state index is 0.227. The molecule has 0 spiro atoms. The highest BCUT2D eigenvalue weighted by molar-refractivity contribution is 5.89. The summed E-state index contributed by atoms with van der Waals surface area (Å²) < 4.78 is 15.4. The van der Waals surface area contributed by atoms with E-state index < -0.39 is 0 Å². The number of carbonyl (C=O) groups is 2. The van der Waals surface area contributed by atoms with Gasteiger partial charge in [0, 0.05) is 6.92 Å². The van der Waals surface area contributed by atoms with Gasteiger partial charge in [0.2, 0.25) is 0 Å². The maximum Gasteiger partial charge on any atom is 0.338 e. The number of hydrogen-bond donors (Lipinski definition) is 0. The van der Waals surface area contributed by atoms with E-state index in [1.165, 1.54) is 6.92 Å². The Balaban J connectivity index is 2.12. The van der Waals surface area contributed by atoms with Gasteiger partial charge in [0.15, 0.2) is 0 Å². The second-order valence-corrected chi connectivity index (χ2v) is 4.85. The highest BCUT2D eigenvalue weighted by Gasteiger charge is 2.05. The zero-order valence-corrected chi connectivity index (χ0v) is 13.3. The number of carbonyl (C=O) groups excluding carboxylic acids is 2. The minimum atomic E-state index is -0.318. The third-order valence-electron chi connectivity index (χ3n) is 2.98. The first-order chi connectivity index (χ1) is 10.6. The molecule has 0 bridgehead atoms. The van der Waals surface area contributed by atoms with Crippen LogP contribution < -0.4 is 4.74 Å². The van der Waals surface area contributed by atoms with Crippen molar-refractivity contribution >= 4 is 11.9 Å². The first kappa shape index (κ1) is 18.0. The van der Waals surface area contributed by atoms with Crippen LogP contribution in [0.5, 0.6) is 5.75 Å². The molecule has 0 saturated carbocycles. The number of hydrogen-bond acceptors (Lipinski definition) is 5. The van der Waals surface area contributed by atoms with E-state index in [-0.39, 0.29) is 11.9 Å². The van der Waals surface area contributed by atoms with Crippen LogP contribution in [-0.2, 0) is 14.3 Å². The molecule has 1 aromatic carbocycles. The third kappa shape index (κ3) is 7.67. The van der Waals surface area contributed by atoms with Crippen molar-refractivity contribution in [2.75, 3.05) is 19.8 Å². The lowest BCUT2D eigenvalue weighted by atomic mass is 10.2. The molecule has 0 N–H and O–H groups in total. The molecule has 0 aromatic heterocycles. The molecule has 5 heteroatoms. The first-order valence-corrected chi connectivity index (χ1v) is 7.67. The van der Waals surface area contributed by atoms with Crippen molar-refractivity contribution in [3.8, 4) is 5.75 Å². The van der Waals surface area contributed by atoms with Gasteiger partial charge in [0.05, 0.1) is 25.4 Å². The average molecular weight is 308 g/mol. The molecule has 0 heterocycles. The number of benzene rings is 1. The van der Waals surface area contributed by atoms with E-state index in [1.807, 2.05) is 0 Å². The van der Waals surface area contributed by atoms with Gasteiger partial charge in [-0.2, -0.15) is 0 Å². The predicted octanol–water partition coefficient (Wildman–Crippen LogP) is 3.37. The highest BCUT2D eigenvalue weighted by Crippen LogP contribution is 2.13. The molecule has 0 aliphatic rings. The average Bonchev–Trinajstić information content (AvgIpc) is 2.50. The van der Waals surface area contributed by atoms with Crippen LogP contribution in [0.25, 0.3) is 0 Å². The molecule has 0 unspecified atom stereocenters. The first-order valence-electron chi connectivity index (χ1n) is 7.67. The summed E-state index contributed by atoms with van der Waals surface area (Å²) in [6.45, 7) is 4.69. The summed E-state index contributed by atoms with van der Waals surface area (Å²) in [5.41, 5.74) is 0.527. The predicted molar refractivity (Wildman–Crippen MR) is 83.0 cm³/mol. The molecule has 0 saturated heterocycles. The fourth-order valence-corrected chi connectivity index (χ4v) is 1.87. The number of rotatable bonds is 10. The van der Waals surface area contributed by atoms with Gasteiger partial charge < -0.3 is 14.2 Å². The third-order valence-corrected chi connectivity index (χ3v) is 2.98. The molecule has 0 radical (unpaired) electrons. The van der Waals surface area contributed by atoms with E-state index in [2.05, 4.69) is 0 Å². The molecule has 0 atom stereocenters. The summed E-state index contributed by atoms with van der Waals surface area (Å²) >= 11 is 0.